The molecular formula is C26H24N2O. The van der Waals surface area contributed by atoms with E-state index in [0.29, 0.717) is 0 Å². The van der Waals surface area contributed by atoms with Gasteiger partial charge < -0.3 is 5.11 Å². The quantitative estimate of drug-likeness (QED) is 0.472. The molecule has 0 aliphatic rings. The lowest BCUT2D eigenvalue weighted by Gasteiger charge is -2.31. The van der Waals surface area contributed by atoms with E-state index in [-0.39, 0.29) is 11.8 Å². The summed E-state index contributed by atoms with van der Waals surface area (Å²) in [5.41, 5.74) is 3.95. The maximum Gasteiger partial charge on any atom is 0.0879 e. The molecule has 2 aromatic heterocycles. The molecule has 0 bridgehead atoms. The number of aliphatic hydroxyl groups is 1. The predicted octanol–water partition coefficient (Wildman–Crippen LogP) is 5.32. The molecule has 0 aliphatic heterocycles. The van der Waals surface area contributed by atoms with E-state index < -0.39 is 6.10 Å². The summed E-state index contributed by atoms with van der Waals surface area (Å²) in [4.78, 5) is 9.18. The third-order valence-corrected chi connectivity index (χ3v) is 5.33. The fourth-order valence-electron chi connectivity index (χ4n) is 3.92. The summed E-state index contributed by atoms with van der Waals surface area (Å²) in [7, 11) is 0. The first-order chi connectivity index (χ1) is 14.3. The first kappa shape index (κ1) is 19.0. The van der Waals surface area contributed by atoms with E-state index in [2.05, 4.69) is 22.1 Å². The summed E-state index contributed by atoms with van der Waals surface area (Å²) >= 11 is 0. The Kier molecular flexibility index (Phi) is 6.08. The van der Waals surface area contributed by atoms with E-state index in [1.165, 1.54) is 5.56 Å². The van der Waals surface area contributed by atoms with Crippen LogP contribution < -0.4 is 0 Å². The molecule has 29 heavy (non-hydrogen) atoms. The first-order valence-corrected chi connectivity index (χ1v) is 9.92. The lowest BCUT2D eigenvalue weighted by Crippen LogP contribution is -2.22. The van der Waals surface area contributed by atoms with E-state index in [1.807, 2.05) is 91.1 Å². The Balaban J connectivity index is 1.81. The van der Waals surface area contributed by atoms with Gasteiger partial charge >= 0.3 is 0 Å². The smallest absolute Gasteiger partial charge is 0.0879 e. The van der Waals surface area contributed by atoms with Gasteiger partial charge in [0.15, 0.2) is 0 Å². The molecule has 0 saturated carbocycles. The number of hydrogen-bond acceptors (Lipinski definition) is 3. The third kappa shape index (κ3) is 4.58. The molecule has 0 radical (unpaired) electrons. The van der Waals surface area contributed by atoms with Gasteiger partial charge in [0.1, 0.15) is 0 Å². The molecule has 4 aromatic rings. The highest BCUT2D eigenvalue weighted by Crippen LogP contribution is 2.43. The minimum Gasteiger partial charge on any atom is -0.388 e. The van der Waals surface area contributed by atoms with Crippen LogP contribution in [0.2, 0.25) is 0 Å². The molecular weight excluding hydrogens is 356 g/mol. The molecule has 3 atom stereocenters. The molecule has 1 N–H and O–H groups in total. The Morgan fingerprint density at radius 1 is 0.621 bits per heavy atom. The Hall–Kier alpha value is -3.30. The number of aliphatic hydroxyl groups excluding tert-OH is 1. The highest BCUT2D eigenvalue weighted by molar-refractivity contribution is 5.31. The molecule has 0 saturated heterocycles. The molecule has 3 heteroatoms. The predicted molar refractivity (Wildman–Crippen MR) is 116 cm³/mol. The topological polar surface area (TPSA) is 46.0 Å². The number of aromatic nitrogens is 2. The van der Waals surface area contributed by atoms with Crippen molar-refractivity contribution in [2.24, 2.45) is 0 Å². The second kappa shape index (κ2) is 9.26. The lowest BCUT2D eigenvalue weighted by molar-refractivity contribution is 0.129. The van der Waals surface area contributed by atoms with Crippen molar-refractivity contribution in [1.29, 1.82) is 0 Å². The fourth-order valence-corrected chi connectivity index (χ4v) is 3.92. The van der Waals surface area contributed by atoms with Crippen molar-refractivity contribution in [1.82, 2.24) is 9.97 Å². The van der Waals surface area contributed by atoms with Crippen LogP contribution in [0.25, 0.3) is 0 Å². The maximum absolute atomic E-state index is 11.5. The summed E-state index contributed by atoms with van der Waals surface area (Å²) in [5.74, 6) is -0.181. The molecule has 0 amide bonds. The van der Waals surface area contributed by atoms with Crippen LogP contribution in [0.5, 0.6) is 0 Å². The minimum absolute atomic E-state index is 0.0243. The van der Waals surface area contributed by atoms with E-state index >= 15 is 0 Å². The summed E-state index contributed by atoms with van der Waals surface area (Å²) in [6.45, 7) is 0. The fraction of sp³-hybridized carbons (Fsp3) is 0.154. The average molecular weight is 380 g/mol. The molecule has 0 aliphatic carbocycles. The van der Waals surface area contributed by atoms with Crippen LogP contribution in [0, 0.1) is 0 Å². The highest BCUT2D eigenvalue weighted by Gasteiger charge is 2.33. The zero-order valence-corrected chi connectivity index (χ0v) is 16.2. The van der Waals surface area contributed by atoms with E-state index in [4.69, 9.17) is 0 Å². The molecule has 0 fully saturated rings. The average Bonchev–Trinajstić information content (AvgIpc) is 2.81. The van der Waals surface area contributed by atoms with Gasteiger partial charge in [-0.1, -0.05) is 72.8 Å². The summed E-state index contributed by atoms with van der Waals surface area (Å²) < 4.78 is 0. The number of pyridine rings is 2. The monoisotopic (exact) mass is 380 g/mol. The van der Waals surface area contributed by atoms with Crippen molar-refractivity contribution in [3.05, 3.63) is 132 Å². The normalized spacial score (nSPS) is 14.1. The van der Waals surface area contributed by atoms with E-state index in [9.17, 15) is 5.11 Å². The SMILES string of the molecule is OC(c1ccccc1)C(c1ccccn1)C(Cc1ccccn1)c1ccccc1. The lowest BCUT2D eigenvalue weighted by atomic mass is 9.75. The van der Waals surface area contributed by atoms with Gasteiger partial charge in [-0.3, -0.25) is 9.97 Å². The van der Waals surface area contributed by atoms with Crippen molar-refractivity contribution in [2.45, 2.75) is 24.4 Å². The van der Waals surface area contributed by atoms with Gasteiger partial charge in [0.25, 0.3) is 0 Å². The van der Waals surface area contributed by atoms with Crippen molar-refractivity contribution >= 4 is 0 Å². The van der Waals surface area contributed by atoms with Gasteiger partial charge in [0, 0.05) is 35.6 Å². The summed E-state index contributed by atoms with van der Waals surface area (Å²) in [5, 5.41) is 11.5. The highest BCUT2D eigenvalue weighted by atomic mass is 16.3. The van der Waals surface area contributed by atoms with Crippen LogP contribution in [0.4, 0.5) is 0 Å². The van der Waals surface area contributed by atoms with Crippen molar-refractivity contribution < 1.29 is 5.11 Å². The molecule has 144 valence electrons. The zero-order chi connectivity index (χ0) is 19.9. The largest absolute Gasteiger partial charge is 0.388 e. The summed E-state index contributed by atoms with van der Waals surface area (Å²) in [6.07, 6.45) is 3.65. The molecule has 3 unspecified atom stereocenters. The van der Waals surface area contributed by atoms with Crippen LogP contribution >= 0.6 is 0 Å². The summed E-state index contributed by atoms with van der Waals surface area (Å²) in [6, 6.07) is 32.1. The van der Waals surface area contributed by atoms with E-state index in [0.717, 1.165) is 23.4 Å². The number of rotatable bonds is 7. The van der Waals surface area contributed by atoms with Crippen molar-refractivity contribution in [3.8, 4) is 0 Å². The van der Waals surface area contributed by atoms with Crippen LogP contribution in [-0.2, 0) is 6.42 Å². The van der Waals surface area contributed by atoms with Crippen LogP contribution in [0.15, 0.2) is 109 Å². The Morgan fingerprint density at radius 2 is 1.21 bits per heavy atom. The molecule has 3 nitrogen and oxygen atoms in total. The van der Waals surface area contributed by atoms with Crippen molar-refractivity contribution in [3.63, 3.8) is 0 Å². The van der Waals surface area contributed by atoms with Crippen LogP contribution in [-0.4, -0.2) is 15.1 Å². The second-order valence-corrected chi connectivity index (χ2v) is 7.18. The minimum atomic E-state index is -0.681. The Morgan fingerprint density at radius 3 is 1.79 bits per heavy atom. The molecule has 2 aromatic carbocycles. The Bertz CT molecular complexity index is 992. The Labute approximate surface area is 171 Å². The third-order valence-electron chi connectivity index (χ3n) is 5.33. The number of nitrogens with zero attached hydrogens (tertiary/aromatic N) is 2. The van der Waals surface area contributed by atoms with Crippen LogP contribution in [0.3, 0.4) is 0 Å². The molecule has 0 spiro atoms. The zero-order valence-electron chi connectivity index (χ0n) is 16.2. The van der Waals surface area contributed by atoms with Gasteiger partial charge in [-0.2, -0.15) is 0 Å². The standard InChI is InChI=1S/C26H24N2O/c29-26(21-13-5-2-6-14-21)25(24-16-8-10-18-28-24)23(20-11-3-1-4-12-20)19-22-15-7-9-17-27-22/h1-18,23,25-26,29H,19H2. The second-order valence-electron chi connectivity index (χ2n) is 7.18. The number of hydrogen-bond donors (Lipinski definition) is 1. The van der Waals surface area contributed by atoms with Crippen molar-refractivity contribution in [2.75, 3.05) is 0 Å². The van der Waals surface area contributed by atoms with Gasteiger partial charge in [-0.15, -0.1) is 0 Å². The molecule has 4 rings (SSSR count). The van der Waals surface area contributed by atoms with Gasteiger partial charge in [-0.25, -0.2) is 0 Å². The van der Waals surface area contributed by atoms with Crippen LogP contribution in [0.1, 0.15) is 40.5 Å². The first-order valence-electron chi connectivity index (χ1n) is 9.92. The van der Waals surface area contributed by atoms with Gasteiger partial charge in [-0.05, 0) is 41.8 Å². The molecule has 2 heterocycles. The maximum atomic E-state index is 11.5. The number of benzene rings is 2. The van der Waals surface area contributed by atoms with E-state index in [1.54, 1.807) is 6.20 Å². The van der Waals surface area contributed by atoms with Gasteiger partial charge in [0.05, 0.1) is 6.10 Å². The van der Waals surface area contributed by atoms with Gasteiger partial charge in [0.2, 0.25) is 0 Å².